The van der Waals surface area contributed by atoms with Gasteiger partial charge in [0.2, 0.25) is 0 Å². The Balaban J connectivity index is 2.05. The van der Waals surface area contributed by atoms with Crippen LogP contribution >= 0.6 is 0 Å². The van der Waals surface area contributed by atoms with Gasteiger partial charge in [0, 0.05) is 0 Å². The third kappa shape index (κ3) is 7.93. The molecule has 0 saturated heterocycles. The van der Waals surface area contributed by atoms with Crippen LogP contribution in [-0.2, 0) is 0 Å². The number of rotatable bonds is 9. The third-order valence-electron chi connectivity index (χ3n) is 7.76. The van der Waals surface area contributed by atoms with E-state index in [0.29, 0.717) is 0 Å². The zero-order chi connectivity index (χ0) is 32.3. The second-order valence-corrected chi connectivity index (χ2v) is 11.1. The van der Waals surface area contributed by atoms with Gasteiger partial charge in [0.1, 0.15) is 0 Å². The fourth-order valence-corrected chi connectivity index (χ4v) is 5.50. The first-order chi connectivity index (χ1) is 21.7. The maximum absolute atomic E-state index is 4.52. The summed E-state index contributed by atoms with van der Waals surface area (Å²) < 4.78 is 0. The molecule has 0 radical (unpaired) electrons. The molecule has 0 aliphatic carbocycles. The number of hydrogen-bond donors (Lipinski definition) is 0. The minimum absolute atomic E-state index is 0.809. The van der Waals surface area contributed by atoms with Gasteiger partial charge in [-0.3, -0.25) is 0 Å². The van der Waals surface area contributed by atoms with Crippen LogP contribution in [-0.4, -0.2) is 0 Å². The van der Waals surface area contributed by atoms with Crippen LogP contribution in [0, 0.1) is 0 Å². The van der Waals surface area contributed by atoms with Crippen LogP contribution in [0.2, 0.25) is 0 Å². The lowest BCUT2D eigenvalue weighted by Crippen LogP contribution is -2.08. The molecule has 0 aromatic heterocycles. The Labute approximate surface area is 269 Å². The van der Waals surface area contributed by atoms with E-state index in [1.165, 1.54) is 21.9 Å². The fraction of sp³-hybridized carbons (Fsp3) is 0.0667. The van der Waals surface area contributed by atoms with Crippen LogP contribution in [0.1, 0.15) is 37.5 Å². The average Bonchev–Trinajstić information content (AvgIpc) is 3.04. The minimum atomic E-state index is 0.809. The van der Waals surface area contributed by atoms with E-state index in [-0.39, 0.29) is 0 Å². The molecule has 0 nitrogen and oxygen atoms in total. The van der Waals surface area contributed by atoms with Gasteiger partial charge in [0.05, 0.1) is 0 Å². The van der Waals surface area contributed by atoms with Crippen molar-refractivity contribution in [2.24, 2.45) is 0 Å². The van der Waals surface area contributed by atoms with Crippen LogP contribution in [0.5, 0.6) is 0 Å². The molecule has 0 saturated carbocycles. The van der Waals surface area contributed by atoms with Gasteiger partial charge in [0.15, 0.2) is 0 Å². The Bertz CT molecular complexity index is 2100. The van der Waals surface area contributed by atoms with Crippen molar-refractivity contribution in [3.8, 4) is 0 Å². The van der Waals surface area contributed by atoms with E-state index in [9.17, 15) is 0 Å². The molecule has 0 unspecified atom stereocenters. The molecule has 0 heterocycles. The van der Waals surface area contributed by atoms with Crippen molar-refractivity contribution in [3.63, 3.8) is 0 Å². The molecule has 0 aliphatic heterocycles. The normalized spacial score (nSPS) is 12.6. The highest BCUT2D eigenvalue weighted by Crippen LogP contribution is 2.29. The summed E-state index contributed by atoms with van der Waals surface area (Å²) >= 11 is 0. The zero-order valence-corrected chi connectivity index (χ0v) is 26.8. The number of benzene rings is 3. The Morgan fingerprint density at radius 2 is 1.13 bits per heavy atom. The summed E-state index contributed by atoms with van der Waals surface area (Å²) in [5.74, 6) is 0. The first-order valence-electron chi connectivity index (χ1n) is 15.2. The smallest absolute Gasteiger partial charge is 0.00384 e. The first-order valence-corrected chi connectivity index (χ1v) is 15.2. The van der Waals surface area contributed by atoms with E-state index in [1.54, 1.807) is 6.08 Å². The van der Waals surface area contributed by atoms with E-state index in [0.717, 1.165) is 54.6 Å². The lowest BCUT2D eigenvalue weighted by molar-refractivity contribution is 1.54. The number of fused-ring (bicyclic) bond motifs is 2. The fourth-order valence-electron chi connectivity index (χ4n) is 5.50. The summed E-state index contributed by atoms with van der Waals surface area (Å²) in [7, 11) is 0. The highest BCUT2D eigenvalue weighted by atomic mass is 14.1. The van der Waals surface area contributed by atoms with Gasteiger partial charge in [0.25, 0.3) is 0 Å². The Morgan fingerprint density at radius 1 is 0.578 bits per heavy atom. The molecule has 4 aromatic rings. The second kappa shape index (κ2) is 15.3. The molecule has 45 heavy (non-hydrogen) atoms. The van der Waals surface area contributed by atoms with Gasteiger partial charge in [-0.1, -0.05) is 166 Å². The van der Waals surface area contributed by atoms with Gasteiger partial charge in [-0.05, 0) is 103 Å². The van der Waals surface area contributed by atoms with E-state index < -0.39 is 0 Å². The van der Waals surface area contributed by atoms with E-state index >= 15 is 0 Å². The molecular formula is C45H42. The van der Waals surface area contributed by atoms with Crippen LogP contribution in [0.3, 0.4) is 0 Å². The molecule has 0 atom stereocenters. The molecule has 0 spiro atoms. The van der Waals surface area contributed by atoms with Gasteiger partial charge < -0.3 is 0 Å². The van der Waals surface area contributed by atoms with Crippen molar-refractivity contribution < 1.29 is 0 Å². The van der Waals surface area contributed by atoms with Crippen molar-refractivity contribution in [1.29, 1.82) is 0 Å². The van der Waals surface area contributed by atoms with Gasteiger partial charge in [-0.2, -0.15) is 0 Å². The molecular weight excluding hydrogens is 540 g/mol. The van der Waals surface area contributed by atoms with Crippen molar-refractivity contribution in [2.45, 2.75) is 20.8 Å². The van der Waals surface area contributed by atoms with Crippen LogP contribution in [0.15, 0.2) is 170 Å². The van der Waals surface area contributed by atoms with Crippen LogP contribution in [0.4, 0.5) is 0 Å². The standard InChI is InChI=1S/C45H42/c1-9-18-33(4)27-30-39(31-32(3)10-2)45-36(7)20-12-11-19-35(6)44(42-24-15-16-25-43(42)45)37(8)29-28-34(5)40-26-17-22-38-21-13-14-23-41(38)40/h9-31H,2-4,6-7H2,1,5,8H3/b18-9-,19-11?,20-12?,30-27-,34-28+,37-29+,39-31+,44-42?,45-43?. The summed E-state index contributed by atoms with van der Waals surface area (Å²) in [6, 6.07) is 31.6. The Hall–Kier alpha value is -5.46. The maximum Gasteiger partial charge on any atom is -0.00384 e. The molecule has 0 fully saturated rings. The van der Waals surface area contributed by atoms with E-state index in [4.69, 9.17) is 0 Å². The quantitative estimate of drug-likeness (QED) is 0.172. The summed E-state index contributed by atoms with van der Waals surface area (Å²) in [5.41, 5.74) is 8.30. The zero-order valence-electron chi connectivity index (χ0n) is 26.8. The first kappa shape index (κ1) is 32.5. The highest BCUT2D eigenvalue weighted by Gasteiger charge is 2.09. The summed E-state index contributed by atoms with van der Waals surface area (Å²) in [6.07, 6.45) is 16.3. The predicted octanol–water partition coefficient (Wildman–Crippen LogP) is 11.3. The summed E-state index contributed by atoms with van der Waals surface area (Å²) in [4.78, 5) is 0. The molecule has 0 aliphatic rings. The third-order valence-corrected chi connectivity index (χ3v) is 7.76. The monoisotopic (exact) mass is 582 g/mol. The minimum Gasteiger partial charge on any atom is -0.0985 e. The second-order valence-electron chi connectivity index (χ2n) is 11.1. The van der Waals surface area contributed by atoms with Gasteiger partial charge in [-0.15, -0.1) is 0 Å². The van der Waals surface area contributed by atoms with Crippen LogP contribution < -0.4 is 10.4 Å². The van der Waals surface area contributed by atoms with E-state index in [2.05, 4.69) is 138 Å². The Kier molecular flexibility index (Phi) is 11.0. The van der Waals surface area contributed by atoms with Crippen molar-refractivity contribution in [3.05, 3.63) is 198 Å². The average molecular weight is 583 g/mol. The van der Waals surface area contributed by atoms with Crippen molar-refractivity contribution in [1.82, 2.24) is 0 Å². The summed E-state index contributed by atoms with van der Waals surface area (Å²) in [5, 5.41) is 6.45. The maximum atomic E-state index is 4.52. The molecule has 0 amide bonds. The Morgan fingerprint density at radius 3 is 1.80 bits per heavy atom. The van der Waals surface area contributed by atoms with Gasteiger partial charge in [-0.25, -0.2) is 0 Å². The lowest BCUT2D eigenvalue weighted by atomic mass is 9.92. The lowest BCUT2D eigenvalue weighted by Gasteiger charge is -2.12. The predicted molar refractivity (Wildman–Crippen MR) is 204 cm³/mol. The molecule has 0 heteroatoms. The number of hydrogen-bond acceptors (Lipinski definition) is 0. The van der Waals surface area contributed by atoms with Crippen molar-refractivity contribution in [2.75, 3.05) is 0 Å². The van der Waals surface area contributed by atoms with Gasteiger partial charge >= 0.3 is 0 Å². The number of allylic oxidation sites excluding steroid dienone is 13. The summed E-state index contributed by atoms with van der Waals surface area (Å²) in [6.45, 7) is 27.7. The highest BCUT2D eigenvalue weighted by molar-refractivity contribution is 6.01. The van der Waals surface area contributed by atoms with E-state index in [1.807, 2.05) is 49.4 Å². The molecule has 222 valence electrons. The molecule has 4 aromatic carbocycles. The SMILES string of the molecule is C=CC(=C)/C=C(\C=C/C(=C)/C=C\C)c1c(=C)ccccc(=C)c(/C(C)=C/C=C(\C)c2cccc3ccccc23)c2ccccc12. The van der Waals surface area contributed by atoms with Crippen LogP contribution in [0.25, 0.3) is 51.4 Å². The topological polar surface area (TPSA) is 0 Å². The molecule has 0 N–H and O–H groups in total. The molecule has 0 bridgehead atoms. The largest absolute Gasteiger partial charge is 0.0985 e. The molecule has 4 rings (SSSR count). The van der Waals surface area contributed by atoms with Crippen molar-refractivity contribution >= 4 is 51.4 Å².